The molecule has 0 fully saturated rings. The normalized spacial score (nSPS) is 19.7. The maximum absolute atomic E-state index is 10.3. The Morgan fingerprint density at radius 1 is 1.40 bits per heavy atom. The van der Waals surface area contributed by atoms with Crippen molar-refractivity contribution in [3.63, 3.8) is 0 Å². The van der Waals surface area contributed by atoms with Crippen LogP contribution in [0.3, 0.4) is 0 Å². The quantitative estimate of drug-likeness (QED) is 0.820. The van der Waals surface area contributed by atoms with Gasteiger partial charge in [-0.2, -0.15) is 0 Å². The molecule has 1 N–H and O–H groups in total. The van der Waals surface area contributed by atoms with Crippen molar-refractivity contribution in [1.82, 2.24) is 0 Å². The van der Waals surface area contributed by atoms with Gasteiger partial charge in [-0.05, 0) is 17.7 Å². The lowest BCUT2D eigenvalue weighted by molar-refractivity contribution is 0.175. The smallest absolute Gasteiger partial charge is 0.231 e. The third-order valence-corrected chi connectivity index (χ3v) is 4.51. The van der Waals surface area contributed by atoms with Crippen LogP contribution in [-0.4, -0.2) is 31.4 Å². The second-order valence-electron chi connectivity index (χ2n) is 5.28. The van der Waals surface area contributed by atoms with Gasteiger partial charge in [-0.3, -0.25) is 0 Å². The molecule has 0 spiro atoms. The van der Waals surface area contributed by atoms with Crippen molar-refractivity contribution in [1.29, 1.82) is 0 Å². The number of phenols is 1. The van der Waals surface area contributed by atoms with Crippen LogP contribution >= 0.6 is 11.6 Å². The summed E-state index contributed by atoms with van der Waals surface area (Å²) in [6.45, 7) is 1.07. The van der Waals surface area contributed by atoms with E-state index < -0.39 is 0 Å². The summed E-state index contributed by atoms with van der Waals surface area (Å²) in [6.07, 6.45) is 0. The first kappa shape index (κ1) is 12.0. The lowest BCUT2D eigenvalue weighted by atomic mass is 9.94. The fourth-order valence-electron chi connectivity index (χ4n) is 3.24. The number of benzene rings is 2. The number of hydrogen-bond acceptors (Lipinski definition) is 4. The summed E-state index contributed by atoms with van der Waals surface area (Å²) in [7, 11) is 2.01. The summed E-state index contributed by atoms with van der Waals surface area (Å²) in [5.41, 5.74) is 2.17. The van der Waals surface area contributed by atoms with Crippen molar-refractivity contribution >= 4 is 28.1 Å². The molecule has 1 atom stereocenters. The van der Waals surface area contributed by atoms with Crippen LogP contribution in [0.1, 0.15) is 11.5 Å². The maximum Gasteiger partial charge on any atom is 0.231 e. The summed E-state index contributed by atoms with van der Waals surface area (Å²) in [5.74, 6) is 2.49. The number of likely N-dealkylation sites (N-methyl/N-ethyl adjacent to an activating group) is 1. The van der Waals surface area contributed by atoms with Gasteiger partial charge in [0, 0.05) is 47.9 Å². The highest BCUT2D eigenvalue weighted by Gasteiger charge is 2.32. The number of ether oxygens (including phenoxy) is 2. The second-order valence-corrected chi connectivity index (χ2v) is 5.59. The fourth-order valence-corrected chi connectivity index (χ4v) is 3.49. The van der Waals surface area contributed by atoms with E-state index in [1.54, 1.807) is 0 Å². The van der Waals surface area contributed by atoms with E-state index in [1.807, 2.05) is 25.2 Å². The van der Waals surface area contributed by atoms with Gasteiger partial charge in [0.15, 0.2) is 11.5 Å². The summed E-state index contributed by atoms with van der Waals surface area (Å²) in [5, 5.41) is 12.0. The highest BCUT2D eigenvalue weighted by molar-refractivity contribution is 6.19. The van der Waals surface area contributed by atoms with Gasteiger partial charge < -0.3 is 19.5 Å². The average molecular weight is 292 g/mol. The van der Waals surface area contributed by atoms with Gasteiger partial charge in [0.1, 0.15) is 5.75 Å². The Bertz CT molecular complexity index is 716. The fraction of sp³-hybridized carbons (Fsp3) is 0.333. The number of hydrogen-bond donors (Lipinski definition) is 1. The molecule has 104 valence electrons. The predicted octanol–water partition coefficient (Wildman–Crippen LogP) is 3.05. The van der Waals surface area contributed by atoms with Gasteiger partial charge in [0.2, 0.25) is 6.79 Å². The van der Waals surface area contributed by atoms with Crippen LogP contribution in [0.15, 0.2) is 18.2 Å². The topological polar surface area (TPSA) is 41.9 Å². The summed E-state index contributed by atoms with van der Waals surface area (Å²) in [4.78, 5) is 2.12. The standard InChI is InChI=1S/C15H14ClNO3/c1-17-6-8(5-16)13-10(17)4-11(18)9-2-3-12-15(14(9)13)20-7-19-12/h2-4,8,18H,5-7H2,1H3. The Morgan fingerprint density at radius 3 is 3.05 bits per heavy atom. The molecule has 2 aliphatic rings. The molecular weight excluding hydrogens is 278 g/mol. The van der Waals surface area contributed by atoms with Gasteiger partial charge >= 0.3 is 0 Å². The molecule has 0 aromatic heterocycles. The number of anilines is 1. The van der Waals surface area contributed by atoms with E-state index >= 15 is 0 Å². The van der Waals surface area contributed by atoms with Gasteiger partial charge in [-0.15, -0.1) is 11.6 Å². The molecule has 4 nitrogen and oxygen atoms in total. The number of halogens is 1. The van der Waals surface area contributed by atoms with Crippen molar-refractivity contribution in [3.05, 3.63) is 23.8 Å². The second kappa shape index (κ2) is 4.09. The van der Waals surface area contributed by atoms with Gasteiger partial charge in [0.25, 0.3) is 0 Å². The van der Waals surface area contributed by atoms with Crippen LogP contribution in [0.4, 0.5) is 5.69 Å². The number of alkyl halides is 1. The molecule has 0 radical (unpaired) electrons. The summed E-state index contributed by atoms with van der Waals surface area (Å²) < 4.78 is 11.1. The third-order valence-electron chi connectivity index (χ3n) is 4.13. The van der Waals surface area contributed by atoms with Crippen LogP contribution < -0.4 is 14.4 Å². The molecule has 2 aromatic rings. The Labute approximate surface area is 121 Å². The number of aromatic hydroxyl groups is 1. The van der Waals surface area contributed by atoms with Gasteiger partial charge in [-0.25, -0.2) is 0 Å². The zero-order valence-electron chi connectivity index (χ0n) is 11.0. The Kier molecular flexibility index (Phi) is 2.45. The lowest BCUT2D eigenvalue weighted by Crippen LogP contribution is -2.15. The first-order valence-corrected chi connectivity index (χ1v) is 7.09. The number of rotatable bonds is 1. The van der Waals surface area contributed by atoms with E-state index in [0.717, 1.165) is 40.1 Å². The lowest BCUT2D eigenvalue weighted by Gasteiger charge is -2.14. The van der Waals surface area contributed by atoms with Crippen molar-refractivity contribution in [3.8, 4) is 17.2 Å². The highest BCUT2D eigenvalue weighted by Crippen LogP contribution is 2.51. The molecular formula is C15H14ClNO3. The van der Waals surface area contributed by atoms with Crippen LogP contribution in [0.2, 0.25) is 0 Å². The van der Waals surface area contributed by atoms with Crippen molar-refractivity contribution < 1.29 is 14.6 Å². The van der Waals surface area contributed by atoms with Crippen LogP contribution in [0.25, 0.3) is 10.8 Å². The summed E-state index contributed by atoms with van der Waals surface area (Å²) >= 11 is 6.13. The molecule has 0 bridgehead atoms. The Balaban J connectivity index is 2.14. The minimum atomic E-state index is 0.222. The molecule has 0 saturated heterocycles. The molecule has 5 heteroatoms. The van der Waals surface area contributed by atoms with E-state index in [-0.39, 0.29) is 18.5 Å². The Hall–Kier alpha value is -1.81. The van der Waals surface area contributed by atoms with E-state index in [0.29, 0.717) is 5.88 Å². The minimum absolute atomic E-state index is 0.222. The first-order chi connectivity index (χ1) is 9.70. The largest absolute Gasteiger partial charge is 0.507 e. The minimum Gasteiger partial charge on any atom is -0.507 e. The molecule has 2 aliphatic heterocycles. The third kappa shape index (κ3) is 1.43. The van der Waals surface area contributed by atoms with Crippen molar-refractivity contribution in [2.24, 2.45) is 0 Å². The monoisotopic (exact) mass is 291 g/mol. The average Bonchev–Trinajstić information content (AvgIpc) is 3.03. The van der Waals surface area contributed by atoms with E-state index in [4.69, 9.17) is 21.1 Å². The van der Waals surface area contributed by atoms with Gasteiger partial charge in [0.05, 0.1) is 0 Å². The van der Waals surface area contributed by atoms with Crippen molar-refractivity contribution in [2.45, 2.75) is 5.92 Å². The summed E-state index contributed by atoms with van der Waals surface area (Å²) in [6, 6.07) is 5.53. The van der Waals surface area contributed by atoms with Crippen LogP contribution in [-0.2, 0) is 0 Å². The molecule has 4 rings (SSSR count). The number of fused-ring (bicyclic) bond motifs is 5. The highest BCUT2D eigenvalue weighted by atomic mass is 35.5. The first-order valence-electron chi connectivity index (χ1n) is 6.56. The van der Waals surface area contributed by atoms with E-state index in [2.05, 4.69) is 4.90 Å². The maximum atomic E-state index is 10.3. The zero-order chi connectivity index (χ0) is 13.9. The SMILES string of the molecule is CN1CC(CCl)c2c1cc(O)c1ccc3c(c21)OCO3. The van der Waals surface area contributed by atoms with Crippen molar-refractivity contribution in [2.75, 3.05) is 31.2 Å². The molecule has 0 aliphatic carbocycles. The van der Waals surface area contributed by atoms with Gasteiger partial charge in [-0.1, -0.05) is 0 Å². The molecule has 0 amide bonds. The zero-order valence-corrected chi connectivity index (χ0v) is 11.8. The molecule has 2 heterocycles. The number of nitrogens with zero attached hydrogens (tertiary/aromatic N) is 1. The predicted molar refractivity (Wildman–Crippen MR) is 78.5 cm³/mol. The molecule has 1 unspecified atom stereocenters. The van der Waals surface area contributed by atoms with Crippen LogP contribution in [0, 0.1) is 0 Å². The Morgan fingerprint density at radius 2 is 2.25 bits per heavy atom. The van der Waals surface area contributed by atoms with Crippen LogP contribution in [0.5, 0.6) is 17.2 Å². The van der Waals surface area contributed by atoms with E-state index in [1.165, 1.54) is 0 Å². The molecule has 0 saturated carbocycles. The number of phenolic OH excluding ortho intramolecular Hbond substituents is 1. The molecule has 20 heavy (non-hydrogen) atoms. The molecule has 2 aromatic carbocycles. The van der Waals surface area contributed by atoms with E-state index in [9.17, 15) is 5.11 Å².